The Hall–Kier alpha value is -1.04. The van der Waals surface area contributed by atoms with E-state index in [9.17, 15) is 4.79 Å². The Morgan fingerprint density at radius 3 is 2.73 bits per heavy atom. The number of nitriles is 1. The smallest absolute Gasteiger partial charge is 0.224 e. The zero-order chi connectivity index (χ0) is 11.1. The highest BCUT2D eigenvalue weighted by molar-refractivity contribution is 5.79. The van der Waals surface area contributed by atoms with Crippen LogP contribution in [0.5, 0.6) is 0 Å². The van der Waals surface area contributed by atoms with Crippen molar-refractivity contribution in [2.24, 2.45) is 11.3 Å². The molecule has 2 unspecified atom stereocenters. The Balaban J connectivity index is 2.12. The van der Waals surface area contributed by atoms with Crippen molar-refractivity contribution < 1.29 is 4.79 Å². The summed E-state index contributed by atoms with van der Waals surface area (Å²) < 4.78 is 0. The van der Waals surface area contributed by atoms with Crippen LogP contribution >= 0.6 is 0 Å². The molecule has 2 fully saturated rings. The summed E-state index contributed by atoms with van der Waals surface area (Å²) in [7, 11) is 0. The number of hydrogen-bond donors (Lipinski definition) is 0. The first-order valence-electron chi connectivity index (χ1n) is 5.73. The average molecular weight is 206 g/mol. The minimum Gasteiger partial charge on any atom is -0.338 e. The third kappa shape index (κ3) is 1.73. The van der Waals surface area contributed by atoms with Crippen LogP contribution in [0.25, 0.3) is 0 Å². The summed E-state index contributed by atoms with van der Waals surface area (Å²) in [4.78, 5) is 13.8. The number of rotatable bonds is 1. The molecule has 0 N–H and O–H groups in total. The van der Waals surface area contributed by atoms with E-state index in [-0.39, 0.29) is 17.2 Å². The van der Waals surface area contributed by atoms with Crippen LogP contribution in [-0.2, 0) is 4.79 Å². The van der Waals surface area contributed by atoms with E-state index in [4.69, 9.17) is 5.26 Å². The molecule has 82 valence electrons. The highest BCUT2D eigenvalue weighted by Gasteiger charge is 2.43. The summed E-state index contributed by atoms with van der Waals surface area (Å²) in [5, 5.41) is 8.85. The van der Waals surface area contributed by atoms with Gasteiger partial charge in [-0.05, 0) is 18.3 Å². The Morgan fingerprint density at radius 2 is 2.27 bits per heavy atom. The van der Waals surface area contributed by atoms with Gasteiger partial charge < -0.3 is 4.90 Å². The van der Waals surface area contributed by atoms with E-state index in [0.29, 0.717) is 19.0 Å². The summed E-state index contributed by atoms with van der Waals surface area (Å²) in [5.74, 6) is 0.107. The van der Waals surface area contributed by atoms with Crippen LogP contribution in [0.4, 0.5) is 0 Å². The number of amides is 1. The molecule has 1 saturated heterocycles. The molecule has 2 atom stereocenters. The summed E-state index contributed by atoms with van der Waals surface area (Å²) >= 11 is 0. The lowest BCUT2D eigenvalue weighted by Crippen LogP contribution is -2.42. The van der Waals surface area contributed by atoms with Crippen LogP contribution in [-0.4, -0.2) is 23.4 Å². The molecule has 1 amide bonds. The molecule has 15 heavy (non-hydrogen) atoms. The fraction of sp³-hybridized carbons (Fsp3) is 0.833. The lowest BCUT2D eigenvalue weighted by molar-refractivity contribution is -0.131. The van der Waals surface area contributed by atoms with E-state index in [0.717, 1.165) is 6.42 Å². The molecule has 1 aliphatic carbocycles. The molecule has 1 heterocycles. The Bertz CT molecular complexity index is 316. The topological polar surface area (TPSA) is 44.1 Å². The van der Waals surface area contributed by atoms with Crippen LogP contribution in [0, 0.1) is 22.7 Å². The van der Waals surface area contributed by atoms with E-state index in [1.54, 1.807) is 0 Å². The third-order valence-corrected chi connectivity index (χ3v) is 3.92. The highest BCUT2D eigenvalue weighted by atomic mass is 16.2. The standard InChI is InChI=1S/C12H18N2O/c1-12(2)5-3-4-10(12)14-8-9(7-13)6-11(14)15/h9-10H,3-6,8H2,1-2H3. The first kappa shape index (κ1) is 10.5. The molecular weight excluding hydrogens is 188 g/mol. The van der Waals surface area contributed by atoms with E-state index in [2.05, 4.69) is 19.9 Å². The molecule has 2 aliphatic rings. The third-order valence-electron chi connectivity index (χ3n) is 3.92. The molecule has 0 bridgehead atoms. The zero-order valence-corrected chi connectivity index (χ0v) is 9.49. The van der Waals surface area contributed by atoms with Crippen molar-refractivity contribution in [2.75, 3.05) is 6.54 Å². The van der Waals surface area contributed by atoms with Gasteiger partial charge in [-0.2, -0.15) is 5.26 Å². The predicted octanol–water partition coefficient (Wildman–Crippen LogP) is 1.94. The van der Waals surface area contributed by atoms with E-state index < -0.39 is 0 Å². The maximum Gasteiger partial charge on any atom is 0.224 e. The summed E-state index contributed by atoms with van der Waals surface area (Å²) in [6.07, 6.45) is 3.94. The second-order valence-electron chi connectivity index (χ2n) is 5.47. The van der Waals surface area contributed by atoms with E-state index >= 15 is 0 Å². The minimum atomic E-state index is -0.0751. The first-order valence-corrected chi connectivity index (χ1v) is 5.73. The summed E-state index contributed by atoms with van der Waals surface area (Å²) in [6.45, 7) is 5.12. The van der Waals surface area contributed by atoms with Gasteiger partial charge in [0.05, 0.1) is 12.0 Å². The largest absolute Gasteiger partial charge is 0.338 e. The first-order chi connectivity index (χ1) is 7.04. The molecule has 0 radical (unpaired) electrons. The van der Waals surface area contributed by atoms with Gasteiger partial charge in [0.2, 0.25) is 5.91 Å². The van der Waals surface area contributed by atoms with Crippen molar-refractivity contribution in [2.45, 2.75) is 45.6 Å². The summed E-state index contributed by atoms with van der Waals surface area (Å²) in [5.41, 5.74) is 0.236. The van der Waals surface area contributed by atoms with Crippen LogP contribution in [0.2, 0.25) is 0 Å². The quantitative estimate of drug-likeness (QED) is 0.658. The van der Waals surface area contributed by atoms with Gasteiger partial charge in [-0.15, -0.1) is 0 Å². The van der Waals surface area contributed by atoms with Crippen molar-refractivity contribution in [3.05, 3.63) is 0 Å². The average Bonchev–Trinajstić information content (AvgIpc) is 2.68. The lowest BCUT2D eigenvalue weighted by atomic mass is 9.86. The van der Waals surface area contributed by atoms with E-state index in [1.165, 1.54) is 12.8 Å². The molecular formula is C12H18N2O. The number of carbonyl (C=O) groups excluding carboxylic acids is 1. The maximum atomic E-state index is 11.8. The molecule has 3 nitrogen and oxygen atoms in total. The molecule has 1 saturated carbocycles. The van der Waals surface area contributed by atoms with Gasteiger partial charge in [-0.25, -0.2) is 0 Å². The van der Waals surface area contributed by atoms with Crippen molar-refractivity contribution in [1.82, 2.24) is 4.90 Å². The molecule has 0 aromatic rings. The van der Waals surface area contributed by atoms with Crippen molar-refractivity contribution in [3.8, 4) is 6.07 Å². The van der Waals surface area contributed by atoms with Gasteiger partial charge in [-0.1, -0.05) is 20.3 Å². The fourth-order valence-electron chi connectivity index (χ4n) is 3.01. The van der Waals surface area contributed by atoms with Crippen LogP contribution in [0.15, 0.2) is 0 Å². The van der Waals surface area contributed by atoms with Gasteiger partial charge in [-0.3, -0.25) is 4.79 Å². The monoisotopic (exact) mass is 206 g/mol. The predicted molar refractivity (Wildman–Crippen MR) is 56.9 cm³/mol. The molecule has 0 spiro atoms. The maximum absolute atomic E-state index is 11.8. The number of carbonyl (C=O) groups is 1. The van der Waals surface area contributed by atoms with Crippen LogP contribution in [0.1, 0.15) is 39.5 Å². The molecule has 0 aromatic heterocycles. The van der Waals surface area contributed by atoms with E-state index in [1.807, 2.05) is 4.90 Å². The molecule has 3 heteroatoms. The fourth-order valence-corrected chi connectivity index (χ4v) is 3.01. The van der Waals surface area contributed by atoms with Gasteiger partial charge in [0, 0.05) is 19.0 Å². The Kier molecular flexibility index (Phi) is 2.46. The van der Waals surface area contributed by atoms with Crippen LogP contribution in [0.3, 0.4) is 0 Å². The van der Waals surface area contributed by atoms with Gasteiger partial charge in [0.1, 0.15) is 0 Å². The zero-order valence-electron chi connectivity index (χ0n) is 9.49. The lowest BCUT2D eigenvalue weighted by Gasteiger charge is -2.35. The Labute approximate surface area is 91.1 Å². The highest BCUT2D eigenvalue weighted by Crippen LogP contribution is 2.42. The van der Waals surface area contributed by atoms with Crippen LogP contribution < -0.4 is 0 Å². The van der Waals surface area contributed by atoms with Gasteiger partial charge in [0.25, 0.3) is 0 Å². The second-order valence-corrected chi connectivity index (χ2v) is 5.47. The van der Waals surface area contributed by atoms with Crippen molar-refractivity contribution >= 4 is 5.91 Å². The number of likely N-dealkylation sites (tertiary alicyclic amines) is 1. The van der Waals surface area contributed by atoms with Gasteiger partial charge in [0.15, 0.2) is 0 Å². The summed E-state index contributed by atoms with van der Waals surface area (Å²) in [6, 6.07) is 2.58. The van der Waals surface area contributed by atoms with Crippen molar-refractivity contribution in [3.63, 3.8) is 0 Å². The second kappa shape index (κ2) is 3.52. The molecule has 1 aliphatic heterocycles. The number of nitrogens with zero attached hydrogens (tertiary/aromatic N) is 2. The number of hydrogen-bond acceptors (Lipinski definition) is 2. The Morgan fingerprint density at radius 1 is 1.53 bits per heavy atom. The van der Waals surface area contributed by atoms with Crippen molar-refractivity contribution in [1.29, 1.82) is 5.26 Å². The van der Waals surface area contributed by atoms with Gasteiger partial charge >= 0.3 is 0 Å². The normalized spacial score (nSPS) is 34.5. The molecule has 0 aromatic carbocycles. The minimum absolute atomic E-state index is 0.0751. The molecule has 2 rings (SSSR count). The SMILES string of the molecule is CC1(C)CCCC1N1CC(C#N)CC1=O.